The number of benzene rings is 1. The molecule has 1 amide bonds. The van der Waals surface area contributed by atoms with E-state index in [9.17, 15) is 27.2 Å². The number of hydrogen-bond donors (Lipinski definition) is 0. The van der Waals surface area contributed by atoms with E-state index in [-0.39, 0.29) is 49.4 Å². The number of Topliss-reactive ketones (excluding diaryl/α,β-unsaturated/α-hetero) is 1. The van der Waals surface area contributed by atoms with E-state index in [4.69, 9.17) is 11.6 Å². The van der Waals surface area contributed by atoms with E-state index in [1.165, 1.54) is 28.0 Å². The summed E-state index contributed by atoms with van der Waals surface area (Å²) < 4.78 is 53.9. The van der Waals surface area contributed by atoms with E-state index in [1.54, 1.807) is 6.92 Å². The molecule has 1 aliphatic heterocycles. The Morgan fingerprint density at radius 2 is 1.94 bits per heavy atom. The van der Waals surface area contributed by atoms with Gasteiger partial charge in [0.2, 0.25) is 0 Å². The summed E-state index contributed by atoms with van der Waals surface area (Å²) in [7, 11) is 0. The summed E-state index contributed by atoms with van der Waals surface area (Å²) in [6.07, 6.45) is -1.26. The number of pyridine rings is 1. The third-order valence-electron chi connectivity index (χ3n) is 5.13. The van der Waals surface area contributed by atoms with Gasteiger partial charge in [-0.05, 0) is 31.2 Å². The molecule has 3 heterocycles. The molecule has 1 atom stereocenters. The van der Waals surface area contributed by atoms with Crippen LogP contribution >= 0.6 is 25.1 Å². The smallest absolute Gasteiger partial charge is 0.305 e. The normalized spacial score (nSPS) is 15.8. The Kier molecular flexibility index (Phi) is 6.85. The van der Waals surface area contributed by atoms with Crippen LogP contribution in [0.1, 0.15) is 44.9 Å². The molecule has 0 unspecified atom stereocenters. The van der Waals surface area contributed by atoms with Crippen molar-refractivity contribution in [2.24, 2.45) is 0 Å². The molecular formula is C21H17ClF4N4O2S. The Morgan fingerprint density at radius 1 is 1.21 bits per heavy atom. The molecule has 33 heavy (non-hydrogen) atoms. The number of nitrogens with zero attached hydrogens (tertiary/aromatic N) is 4. The maximum atomic E-state index is 13.4. The van der Waals surface area contributed by atoms with Gasteiger partial charge in [0.15, 0.2) is 5.78 Å². The van der Waals surface area contributed by atoms with Crippen molar-refractivity contribution in [3.05, 3.63) is 76.1 Å². The van der Waals surface area contributed by atoms with E-state index in [0.717, 1.165) is 24.4 Å². The maximum Gasteiger partial charge on any atom is 0.417 e. The zero-order valence-electron chi connectivity index (χ0n) is 17.0. The highest BCUT2D eigenvalue weighted by molar-refractivity contribution is 7.59. The molecular weight excluding hydrogens is 484 g/mol. The van der Waals surface area contributed by atoms with Crippen LogP contribution in [0.5, 0.6) is 0 Å². The van der Waals surface area contributed by atoms with Gasteiger partial charge in [0, 0.05) is 36.0 Å². The summed E-state index contributed by atoms with van der Waals surface area (Å²) in [5, 5.41) is 3.67. The van der Waals surface area contributed by atoms with Crippen LogP contribution in [0.15, 0.2) is 42.9 Å². The van der Waals surface area contributed by atoms with E-state index in [2.05, 4.69) is 10.1 Å². The Balaban J connectivity index is 0.00000306. The molecule has 1 aromatic carbocycles. The summed E-state index contributed by atoms with van der Waals surface area (Å²) in [5.41, 5.74) is -0.303. The number of ketones is 1. The number of alkyl halides is 3. The molecule has 3 aromatic rings. The molecule has 6 nitrogen and oxygen atoms in total. The lowest BCUT2D eigenvalue weighted by atomic mass is 10.0. The first kappa shape index (κ1) is 24.7. The second-order valence-corrected chi connectivity index (χ2v) is 7.79. The van der Waals surface area contributed by atoms with Crippen LogP contribution in [-0.4, -0.2) is 33.0 Å². The Hall–Kier alpha value is -2.92. The van der Waals surface area contributed by atoms with Crippen molar-refractivity contribution in [1.82, 2.24) is 14.8 Å². The quantitative estimate of drug-likeness (QED) is 0.379. The molecule has 0 aliphatic carbocycles. The van der Waals surface area contributed by atoms with Crippen LogP contribution in [0.3, 0.4) is 0 Å². The van der Waals surface area contributed by atoms with E-state index < -0.39 is 34.3 Å². The zero-order valence-corrected chi connectivity index (χ0v) is 18.8. The fraction of sp³-hybridized carbons (Fsp3) is 0.238. The van der Waals surface area contributed by atoms with Gasteiger partial charge in [0.1, 0.15) is 11.5 Å². The number of halogens is 5. The Morgan fingerprint density at radius 3 is 2.58 bits per heavy atom. The summed E-state index contributed by atoms with van der Waals surface area (Å²) in [6, 6.07) is 3.82. The van der Waals surface area contributed by atoms with E-state index in [0.29, 0.717) is 5.56 Å². The molecule has 0 N–H and O–H groups in total. The number of carbonyl (C=O) groups is 2. The highest BCUT2D eigenvalue weighted by Crippen LogP contribution is 2.37. The minimum atomic E-state index is -4.62. The maximum absolute atomic E-state index is 13.4. The number of hydrogen-bond acceptors (Lipinski definition) is 4. The first-order valence-electron chi connectivity index (χ1n) is 9.45. The number of amides is 1. The van der Waals surface area contributed by atoms with Gasteiger partial charge in [-0.2, -0.15) is 31.8 Å². The minimum Gasteiger partial charge on any atom is -0.305 e. The van der Waals surface area contributed by atoms with Gasteiger partial charge in [-0.25, -0.2) is 4.39 Å². The predicted molar refractivity (Wildman–Crippen MR) is 118 cm³/mol. The summed E-state index contributed by atoms with van der Waals surface area (Å²) in [6.45, 7) is 1.93. The average Bonchev–Trinajstić information content (AvgIpc) is 3.14. The van der Waals surface area contributed by atoms with Gasteiger partial charge in [-0.1, -0.05) is 11.6 Å². The van der Waals surface area contributed by atoms with Gasteiger partial charge in [0.25, 0.3) is 5.91 Å². The molecule has 0 spiro atoms. The third kappa shape index (κ3) is 4.74. The third-order valence-corrected chi connectivity index (χ3v) is 5.44. The van der Waals surface area contributed by atoms with Gasteiger partial charge in [-0.3, -0.25) is 19.3 Å². The van der Waals surface area contributed by atoms with Crippen LogP contribution in [-0.2, 0) is 12.6 Å². The molecule has 12 heteroatoms. The monoisotopic (exact) mass is 500 g/mol. The molecule has 0 radical (unpaired) electrons. The Bertz CT molecular complexity index is 1230. The zero-order chi connectivity index (χ0) is 23.2. The van der Waals surface area contributed by atoms with Crippen molar-refractivity contribution in [2.45, 2.75) is 25.6 Å². The Labute approximate surface area is 197 Å². The highest BCUT2D eigenvalue weighted by Gasteiger charge is 2.36. The first-order chi connectivity index (χ1) is 15.1. The van der Waals surface area contributed by atoms with Gasteiger partial charge in [-0.15, -0.1) is 0 Å². The standard InChI is InChI=1S/C21H15ClF4N4O2.H2S/c1-11-10-29(15-2-3-16(17(22)6-15)21(24,25)26)20(32)19-13(8-28-30(11)19)5-18(31)12-4-14(23)9-27-7-12;/h2-4,6-9,11H,5,10H2,1H3;1H2/t11-;/m0./s1. The van der Waals surface area contributed by atoms with Crippen molar-refractivity contribution in [1.29, 1.82) is 0 Å². The van der Waals surface area contributed by atoms with Gasteiger partial charge >= 0.3 is 6.18 Å². The highest BCUT2D eigenvalue weighted by atomic mass is 35.5. The number of aromatic nitrogens is 3. The summed E-state index contributed by atoms with van der Waals surface area (Å²) >= 11 is 5.82. The summed E-state index contributed by atoms with van der Waals surface area (Å²) in [5.74, 6) is -1.65. The minimum absolute atomic E-state index is 0. The van der Waals surface area contributed by atoms with E-state index >= 15 is 0 Å². The number of carbonyl (C=O) groups excluding carboxylic acids is 2. The second-order valence-electron chi connectivity index (χ2n) is 7.38. The fourth-order valence-corrected chi connectivity index (χ4v) is 3.89. The molecule has 0 saturated carbocycles. The van der Waals surface area contributed by atoms with Crippen LogP contribution in [0.4, 0.5) is 23.2 Å². The lowest BCUT2D eigenvalue weighted by Gasteiger charge is -2.32. The molecule has 2 aromatic heterocycles. The molecule has 0 bridgehead atoms. The van der Waals surface area contributed by atoms with Crippen molar-refractivity contribution in [3.63, 3.8) is 0 Å². The predicted octanol–water partition coefficient (Wildman–Crippen LogP) is 4.85. The summed E-state index contributed by atoms with van der Waals surface area (Å²) in [4.78, 5) is 30.7. The molecule has 174 valence electrons. The topological polar surface area (TPSA) is 68.1 Å². The van der Waals surface area contributed by atoms with Crippen LogP contribution in [0.25, 0.3) is 0 Å². The number of rotatable bonds is 4. The first-order valence-corrected chi connectivity index (χ1v) is 9.83. The fourth-order valence-electron chi connectivity index (χ4n) is 3.61. The van der Waals surface area contributed by atoms with E-state index in [1.807, 2.05) is 0 Å². The lowest BCUT2D eigenvalue weighted by Crippen LogP contribution is -2.43. The average molecular weight is 501 g/mol. The molecule has 0 fully saturated rings. The van der Waals surface area contributed by atoms with Gasteiger partial charge in [0.05, 0.1) is 29.0 Å². The molecule has 1 aliphatic rings. The van der Waals surface area contributed by atoms with Crippen molar-refractivity contribution in [3.8, 4) is 0 Å². The second kappa shape index (κ2) is 9.14. The van der Waals surface area contributed by atoms with Crippen molar-refractivity contribution >= 4 is 42.5 Å². The number of anilines is 1. The van der Waals surface area contributed by atoms with Crippen LogP contribution in [0, 0.1) is 5.82 Å². The SMILES string of the molecule is C[C@H]1CN(c2ccc(C(F)(F)F)c(Cl)c2)C(=O)c2c(CC(=O)c3cncc(F)c3)cnn21.S. The van der Waals surface area contributed by atoms with Gasteiger partial charge < -0.3 is 4.90 Å². The molecule has 4 rings (SSSR count). The van der Waals surface area contributed by atoms with Crippen molar-refractivity contribution < 1.29 is 27.2 Å². The lowest BCUT2D eigenvalue weighted by molar-refractivity contribution is -0.137. The van der Waals surface area contributed by atoms with Crippen LogP contribution in [0.2, 0.25) is 5.02 Å². The molecule has 0 saturated heterocycles. The van der Waals surface area contributed by atoms with Crippen molar-refractivity contribution in [2.75, 3.05) is 11.4 Å². The number of fused-ring (bicyclic) bond motifs is 1. The largest absolute Gasteiger partial charge is 0.417 e. The van der Waals surface area contributed by atoms with Crippen LogP contribution < -0.4 is 4.90 Å².